The Balaban J connectivity index is 1.74. The Morgan fingerprint density at radius 2 is 2.08 bits per heavy atom. The van der Waals surface area contributed by atoms with E-state index in [0.717, 1.165) is 10.9 Å². The highest BCUT2D eigenvalue weighted by atomic mass is 79.9. The van der Waals surface area contributed by atoms with Gasteiger partial charge in [-0.15, -0.1) is 0 Å². The van der Waals surface area contributed by atoms with Crippen LogP contribution < -0.4 is 10.1 Å². The van der Waals surface area contributed by atoms with E-state index in [-0.39, 0.29) is 5.75 Å². The van der Waals surface area contributed by atoms with Crippen molar-refractivity contribution in [2.24, 2.45) is 7.05 Å². The van der Waals surface area contributed by atoms with Gasteiger partial charge >= 0.3 is 6.18 Å². The zero-order chi connectivity index (χ0) is 18.0. The minimum absolute atomic E-state index is 0.159. The molecule has 6 nitrogen and oxygen atoms in total. The third kappa shape index (κ3) is 4.19. The Morgan fingerprint density at radius 3 is 2.84 bits per heavy atom. The van der Waals surface area contributed by atoms with E-state index in [1.54, 1.807) is 29.9 Å². The Kier molecular flexibility index (Phi) is 4.80. The van der Waals surface area contributed by atoms with Gasteiger partial charge in [0.25, 0.3) is 0 Å². The van der Waals surface area contributed by atoms with E-state index in [2.05, 4.69) is 36.3 Å². The van der Waals surface area contributed by atoms with Crippen LogP contribution in [0.4, 0.5) is 19.0 Å². The number of nitrogens with zero attached hydrogens (tertiary/aromatic N) is 4. The summed E-state index contributed by atoms with van der Waals surface area (Å²) in [4.78, 5) is 8.37. The SMILES string of the molecule is Cn1nc(Br)c2c(NCc3cccc(OCC(F)(F)F)c3)ncnc21. The Hall–Kier alpha value is -2.36. The van der Waals surface area contributed by atoms with Crippen LogP contribution in [-0.4, -0.2) is 32.5 Å². The van der Waals surface area contributed by atoms with Gasteiger partial charge in [-0.1, -0.05) is 12.1 Å². The fourth-order valence-corrected chi connectivity index (χ4v) is 2.87. The monoisotopic (exact) mass is 415 g/mol. The van der Waals surface area contributed by atoms with Gasteiger partial charge in [-0.25, -0.2) is 14.6 Å². The molecule has 2 heterocycles. The molecule has 0 unspecified atom stereocenters. The molecule has 0 amide bonds. The zero-order valence-corrected chi connectivity index (χ0v) is 14.6. The Bertz CT molecular complexity index is 896. The highest BCUT2D eigenvalue weighted by Gasteiger charge is 2.28. The lowest BCUT2D eigenvalue weighted by Crippen LogP contribution is -2.19. The van der Waals surface area contributed by atoms with E-state index >= 15 is 0 Å². The molecule has 3 rings (SSSR count). The van der Waals surface area contributed by atoms with Crippen molar-refractivity contribution in [3.63, 3.8) is 0 Å². The molecular weight excluding hydrogens is 403 g/mol. The van der Waals surface area contributed by atoms with Gasteiger partial charge in [0.2, 0.25) is 0 Å². The van der Waals surface area contributed by atoms with Gasteiger partial charge in [0, 0.05) is 13.6 Å². The second kappa shape index (κ2) is 6.87. The quantitative estimate of drug-likeness (QED) is 0.688. The van der Waals surface area contributed by atoms with Crippen LogP contribution in [0.5, 0.6) is 5.75 Å². The lowest BCUT2D eigenvalue weighted by Gasteiger charge is -2.11. The first-order valence-electron chi connectivity index (χ1n) is 7.19. The average molecular weight is 416 g/mol. The van der Waals surface area contributed by atoms with Gasteiger partial charge in [0.15, 0.2) is 12.3 Å². The fourth-order valence-electron chi connectivity index (χ4n) is 2.27. The molecule has 3 aromatic rings. The summed E-state index contributed by atoms with van der Waals surface area (Å²) in [5, 5.41) is 8.11. The third-order valence-electron chi connectivity index (χ3n) is 3.34. The molecule has 0 fully saturated rings. The van der Waals surface area contributed by atoms with Crippen LogP contribution in [-0.2, 0) is 13.6 Å². The predicted molar refractivity (Wildman–Crippen MR) is 89.3 cm³/mol. The van der Waals surface area contributed by atoms with E-state index in [1.807, 2.05) is 0 Å². The molecule has 0 saturated carbocycles. The summed E-state index contributed by atoms with van der Waals surface area (Å²) >= 11 is 3.37. The lowest BCUT2D eigenvalue weighted by molar-refractivity contribution is -0.153. The number of alkyl halides is 3. The molecule has 0 radical (unpaired) electrons. The Morgan fingerprint density at radius 1 is 1.28 bits per heavy atom. The van der Waals surface area contributed by atoms with E-state index < -0.39 is 12.8 Å². The van der Waals surface area contributed by atoms with E-state index in [4.69, 9.17) is 4.74 Å². The van der Waals surface area contributed by atoms with Gasteiger partial charge in [-0.3, -0.25) is 0 Å². The highest BCUT2D eigenvalue weighted by molar-refractivity contribution is 9.10. The molecule has 25 heavy (non-hydrogen) atoms. The van der Waals surface area contributed by atoms with Crippen LogP contribution in [0.15, 0.2) is 35.2 Å². The van der Waals surface area contributed by atoms with Crippen molar-refractivity contribution in [1.29, 1.82) is 0 Å². The number of rotatable bonds is 5. The van der Waals surface area contributed by atoms with Crippen LogP contribution in [0.2, 0.25) is 0 Å². The van der Waals surface area contributed by atoms with Crippen LogP contribution in [0, 0.1) is 0 Å². The largest absolute Gasteiger partial charge is 0.484 e. The summed E-state index contributed by atoms with van der Waals surface area (Å²) < 4.78 is 43.7. The summed E-state index contributed by atoms with van der Waals surface area (Å²) in [5.41, 5.74) is 1.41. The summed E-state index contributed by atoms with van der Waals surface area (Å²) in [5.74, 6) is 0.735. The highest BCUT2D eigenvalue weighted by Crippen LogP contribution is 2.27. The molecule has 0 bridgehead atoms. The molecule has 0 spiro atoms. The van der Waals surface area contributed by atoms with Crippen molar-refractivity contribution in [2.75, 3.05) is 11.9 Å². The molecule has 0 aliphatic heterocycles. The molecule has 0 aliphatic carbocycles. The van der Waals surface area contributed by atoms with Crippen LogP contribution >= 0.6 is 15.9 Å². The molecule has 10 heteroatoms. The molecular formula is C15H13BrF3N5O. The molecule has 1 N–H and O–H groups in total. The number of aryl methyl sites for hydroxylation is 1. The zero-order valence-electron chi connectivity index (χ0n) is 13.0. The average Bonchev–Trinajstić information content (AvgIpc) is 2.86. The summed E-state index contributed by atoms with van der Waals surface area (Å²) in [6.07, 6.45) is -2.95. The fraction of sp³-hybridized carbons (Fsp3) is 0.267. The van der Waals surface area contributed by atoms with Gasteiger partial charge in [0.1, 0.15) is 22.5 Å². The summed E-state index contributed by atoms with van der Waals surface area (Å²) in [6, 6.07) is 6.45. The number of aromatic nitrogens is 4. The van der Waals surface area contributed by atoms with E-state index in [0.29, 0.717) is 22.6 Å². The maximum absolute atomic E-state index is 12.2. The van der Waals surface area contributed by atoms with Crippen molar-refractivity contribution >= 4 is 32.8 Å². The number of benzene rings is 1. The summed E-state index contributed by atoms with van der Waals surface area (Å²) in [7, 11) is 1.77. The lowest BCUT2D eigenvalue weighted by atomic mass is 10.2. The number of anilines is 1. The van der Waals surface area contributed by atoms with Crippen LogP contribution in [0.3, 0.4) is 0 Å². The van der Waals surface area contributed by atoms with Crippen molar-refractivity contribution in [3.05, 3.63) is 40.8 Å². The first kappa shape index (κ1) is 17.5. The van der Waals surface area contributed by atoms with E-state index in [9.17, 15) is 13.2 Å². The number of halogens is 4. The predicted octanol–water partition coefficient (Wildman–Crippen LogP) is 3.68. The summed E-state index contributed by atoms with van der Waals surface area (Å²) in [6.45, 7) is -0.963. The molecule has 132 valence electrons. The van der Waals surface area contributed by atoms with Crippen molar-refractivity contribution < 1.29 is 17.9 Å². The Labute approximate surface area is 149 Å². The number of hydrogen-bond acceptors (Lipinski definition) is 5. The first-order valence-corrected chi connectivity index (χ1v) is 7.98. The molecule has 0 atom stereocenters. The normalized spacial score (nSPS) is 11.7. The number of fused-ring (bicyclic) bond motifs is 1. The van der Waals surface area contributed by atoms with Gasteiger partial charge in [-0.05, 0) is 33.6 Å². The standard InChI is InChI=1S/C15H13BrF3N5O/c1-24-14-11(12(16)23-24)13(21-8-22-14)20-6-9-3-2-4-10(5-9)25-7-15(17,18)19/h2-5,8H,6-7H2,1H3,(H,20,21,22). The van der Waals surface area contributed by atoms with Gasteiger partial charge in [-0.2, -0.15) is 18.3 Å². The van der Waals surface area contributed by atoms with Crippen LogP contribution in [0.1, 0.15) is 5.56 Å². The maximum atomic E-state index is 12.2. The second-order valence-electron chi connectivity index (χ2n) is 5.24. The van der Waals surface area contributed by atoms with Gasteiger partial charge < -0.3 is 10.1 Å². The topological polar surface area (TPSA) is 64.9 Å². The molecule has 2 aromatic heterocycles. The molecule has 0 saturated heterocycles. The smallest absolute Gasteiger partial charge is 0.422 e. The minimum Gasteiger partial charge on any atom is -0.484 e. The molecule has 0 aliphatic rings. The van der Waals surface area contributed by atoms with Gasteiger partial charge in [0.05, 0.1) is 5.39 Å². The maximum Gasteiger partial charge on any atom is 0.422 e. The van der Waals surface area contributed by atoms with Crippen molar-refractivity contribution in [1.82, 2.24) is 19.7 Å². The molecule has 1 aromatic carbocycles. The first-order chi connectivity index (χ1) is 11.8. The number of nitrogens with one attached hydrogen (secondary N) is 1. The second-order valence-corrected chi connectivity index (χ2v) is 5.99. The third-order valence-corrected chi connectivity index (χ3v) is 3.89. The van der Waals surface area contributed by atoms with Crippen LogP contribution in [0.25, 0.3) is 11.0 Å². The van der Waals surface area contributed by atoms with Crippen molar-refractivity contribution in [3.8, 4) is 5.75 Å². The number of hydrogen-bond donors (Lipinski definition) is 1. The van der Waals surface area contributed by atoms with Crippen molar-refractivity contribution in [2.45, 2.75) is 12.7 Å². The number of ether oxygens (including phenoxy) is 1. The minimum atomic E-state index is -4.37. The van der Waals surface area contributed by atoms with E-state index in [1.165, 1.54) is 12.4 Å².